The molecule has 0 aliphatic carbocycles. The Bertz CT molecular complexity index is 1380. The lowest BCUT2D eigenvalue weighted by atomic mass is 10.1. The van der Waals surface area contributed by atoms with Crippen molar-refractivity contribution in [2.75, 3.05) is 17.3 Å². The van der Waals surface area contributed by atoms with Gasteiger partial charge >= 0.3 is 11.9 Å². The minimum Gasteiger partial charge on any atom is -0.465 e. The summed E-state index contributed by atoms with van der Waals surface area (Å²) in [6.45, 7) is 1.93. The summed E-state index contributed by atoms with van der Waals surface area (Å²) in [6, 6.07) is 19.2. The zero-order chi connectivity index (χ0) is 25.8. The van der Waals surface area contributed by atoms with Gasteiger partial charge in [0, 0.05) is 5.69 Å². The number of nitrogens with zero attached hydrogens (tertiary/aromatic N) is 1. The predicted octanol–water partition coefficient (Wildman–Crippen LogP) is 4.69. The number of imide groups is 1. The number of anilines is 2. The first kappa shape index (κ1) is 24.7. The van der Waals surface area contributed by atoms with Crippen molar-refractivity contribution in [3.63, 3.8) is 0 Å². The second-order valence-electron chi connectivity index (χ2n) is 7.72. The van der Waals surface area contributed by atoms with Crippen molar-refractivity contribution in [2.24, 2.45) is 0 Å². The number of carbonyl (C=O) groups is 4. The van der Waals surface area contributed by atoms with Gasteiger partial charge in [-0.15, -0.1) is 0 Å². The average molecular weight is 505 g/mol. The van der Waals surface area contributed by atoms with Gasteiger partial charge in [-0.3, -0.25) is 9.59 Å². The fourth-order valence-corrected chi connectivity index (χ4v) is 3.85. The number of nitrogens with one attached hydrogen (secondary N) is 1. The Morgan fingerprint density at radius 1 is 0.861 bits per heavy atom. The summed E-state index contributed by atoms with van der Waals surface area (Å²) >= 11 is 6.23. The van der Waals surface area contributed by atoms with Crippen LogP contribution >= 0.6 is 11.6 Å². The van der Waals surface area contributed by atoms with E-state index < -0.39 is 23.8 Å². The zero-order valence-corrected chi connectivity index (χ0v) is 20.2. The zero-order valence-electron chi connectivity index (χ0n) is 19.4. The van der Waals surface area contributed by atoms with Gasteiger partial charge in [-0.25, -0.2) is 14.5 Å². The Balaban J connectivity index is 1.45. The maximum atomic E-state index is 13.1. The van der Waals surface area contributed by atoms with E-state index in [-0.39, 0.29) is 22.0 Å². The van der Waals surface area contributed by atoms with Gasteiger partial charge in [0.15, 0.2) is 0 Å². The molecule has 1 aliphatic heterocycles. The second-order valence-corrected chi connectivity index (χ2v) is 8.10. The third-order valence-electron chi connectivity index (χ3n) is 5.52. The molecule has 0 spiro atoms. The molecule has 1 N–H and O–H groups in total. The van der Waals surface area contributed by atoms with Crippen LogP contribution in [0, 0.1) is 0 Å². The molecule has 0 saturated carbocycles. The number of amides is 2. The van der Waals surface area contributed by atoms with Gasteiger partial charge < -0.3 is 14.8 Å². The molecule has 0 aromatic heterocycles. The van der Waals surface area contributed by atoms with Crippen LogP contribution in [0.1, 0.15) is 33.2 Å². The Kier molecular flexibility index (Phi) is 7.17. The Morgan fingerprint density at radius 2 is 1.47 bits per heavy atom. The molecule has 3 aromatic rings. The van der Waals surface area contributed by atoms with E-state index in [0.717, 1.165) is 10.5 Å². The minimum absolute atomic E-state index is 0.0476. The van der Waals surface area contributed by atoms with Crippen LogP contribution < -0.4 is 15.0 Å². The lowest BCUT2D eigenvalue weighted by Gasteiger charge is -2.18. The highest BCUT2D eigenvalue weighted by Crippen LogP contribution is 2.32. The summed E-state index contributed by atoms with van der Waals surface area (Å²) in [5.41, 5.74) is 2.32. The molecular weight excluding hydrogens is 484 g/mol. The average Bonchev–Trinajstić information content (AvgIpc) is 3.11. The first-order valence-corrected chi connectivity index (χ1v) is 11.4. The number of hydrogen-bond acceptors (Lipinski definition) is 7. The summed E-state index contributed by atoms with van der Waals surface area (Å²) in [6.07, 6.45) is 0.639. The van der Waals surface area contributed by atoms with Crippen molar-refractivity contribution >= 4 is 46.7 Å². The number of para-hydroxylation sites is 1. The number of benzene rings is 3. The molecule has 4 rings (SSSR count). The molecule has 0 radical (unpaired) electrons. The van der Waals surface area contributed by atoms with Crippen molar-refractivity contribution < 1.29 is 28.7 Å². The smallest absolute Gasteiger partial charge is 0.343 e. The van der Waals surface area contributed by atoms with E-state index in [1.54, 1.807) is 24.3 Å². The molecule has 8 nitrogen and oxygen atoms in total. The molecule has 0 unspecified atom stereocenters. The van der Waals surface area contributed by atoms with E-state index in [1.165, 1.54) is 43.5 Å². The van der Waals surface area contributed by atoms with E-state index in [2.05, 4.69) is 10.1 Å². The second kappa shape index (κ2) is 10.5. The van der Waals surface area contributed by atoms with Gasteiger partial charge in [0.1, 0.15) is 16.5 Å². The molecule has 9 heteroatoms. The maximum absolute atomic E-state index is 13.1. The molecule has 0 atom stereocenters. The number of aryl methyl sites for hydroxylation is 1. The Hall–Kier alpha value is -4.43. The van der Waals surface area contributed by atoms with Crippen LogP contribution in [0.15, 0.2) is 83.5 Å². The summed E-state index contributed by atoms with van der Waals surface area (Å²) in [7, 11) is 1.28. The summed E-state index contributed by atoms with van der Waals surface area (Å²) < 4.78 is 9.96. The van der Waals surface area contributed by atoms with Gasteiger partial charge in [-0.2, -0.15) is 0 Å². The fourth-order valence-electron chi connectivity index (χ4n) is 3.63. The molecule has 0 fully saturated rings. The molecule has 1 aliphatic rings. The monoisotopic (exact) mass is 504 g/mol. The number of methoxy groups -OCH3 is 1. The largest absolute Gasteiger partial charge is 0.465 e. The van der Waals surface area contributed by atoms with Crippen molar-refractivity contribution in [3.05, 3.63) is 100 Å². The van der Waals surface area contributed by atoms with Gasteiger partial charge in [0.05, 0.1) is 23.9 Å². The van der Waals surface area contributed by atoms with Crippen molar-refractivity contribution in [1.82, 2.24) is 0 Å². The van der Waals surface area contributed by atoms with E-state index in [9.17, 15) is 19.2 Å². The van der Waals surface area contributed by atoms with Crippen LogP contribution in [0.5, 0.6) is 5.75 Å². The van der Waals surface area contributed by atoms with Crippen LogP contribution in [-0.4, -0.2) is 30.9 Å². The molecule has 3 aromatic carbocycles. The standard InChI is InChI=1S/C27H21ClN2O6/c1-3-16-6-4-5-7-21(16)30-24(31)22(28)23(25(30)32)29-19-12-8-18(9-13-19)27(34)36-20-14-10-17(11-15-20)26(33)35-2/h4-15,29H,3H2,1-2H3. The quantitative estimate of drug-likeness (QED) is 0.283. The van der Waals surface area contributed by atoms with Gasteiger partial charge in [0.25, 0.3) is 11.8 Å². The first-order valence-electron chi connectivity index (χ1n) is 11.0. The van der Waals surface area contributed by atoms with Crippen LogP contribution in [0.4, 0.5) is 11.4 Å². The first-order chi connectivity index (χ1) is 17.3. The van der Waals surface area contributed by atoms with Crippen LogP contribution in [0.3, 0.4) is 0 Å². The molecule has 0 bridgehead atoms. The number of esters is 2. The van der Waals surface area contributed by atoms with Gasteiger partial charge in [0.2, 0.25) is 0 Å². The van der Waals surface area contributed by atoms with Crippen molar-refractivity contribution in [2.45, 2.75) is 13.3 Å². The lowest BCUT2D eigenvalue weighted by Crippen LogP contribution is -2.33. The highest BCUT2D eigenvalue weighted by molar-refractivity contribution is 6.53. The summed E-state index contributed by atoms with van der Waals surface area (Å²) in [5.74, 6) is -2.02. The van der Waals surface area contributed by atoms with Crippen molar-refractivity contribution in [3.8, 4) is 5.75 Å². The lowest BCUT2D eigenvalue weighted by molar-refractivity contribution is -0.120. The van der Waals surface area contributed by atoms with E-state index in [4.69, 9.17) is 16.3 Å². The van der Waals surface area contributed by atoms with E-state index >= 15 is 0 Å². The number of ether oxygens (including phenoxy) is 2. The SMILES string of the molecule is CCc1ccccc1N1C(=O)C(Cl)=C(Nc2ccc(C(=O)Oc3ccc(C(=O)OC)cc3)cc2)C1=O. The van der Waals surface area contributed by atoms with Crippen LogP contribution in [0.2, 0.25) is 0 Å². The molecular formula is C27H21ClN2O6. The molecule has 1 heterocycles. The number of carbonyl (C=O) groups excluding carboxylic acids is 4. The third-order valence-corrected chi connectivity index (χ3v) is 5.87. The fraction of sp³-hybridized carbons (Fsp3) is 0.111. The highest BCUT2D eigenvalue weighted by atomic mass is 35.5. The summed E-state index contributed by atoms with van der Waals surface area (Å²) in [5, 5.41) is 2.67. The Labute approximate surface area is 212 Å². The van der Waals surface area contributed by atoms with Crippen LogP contribution in [-0.2, 0) is 20.7 Å². The van der Waals surface area contributed by atoms with Crippen molar-refractivity contribution in [1.29, 1.82) is 0 Å². The van der Waals surface area contributed by atoms with Gasteiger partial charge in [-0.1, -0.05) is 36.7 Å². The van der Waals surface area contributed by atoms with Crippen LogP contribution in [0.25, 0.3) is 0 Å². The minimum atomic E-state index is -0.612. The topological polar surface area (TPSA) is 102 Å². The normalized spacial score (nSPS) is 13.1. The number of halogens is 1. The van der Waals surface area contributed by atoms with E-state index in [0.29, 0.717) is 23.4 Å². The highest BCUT2D eigenvalue weighted by Gasteiger charge is 2.39. The van der Waals surface area contributed by atoms with E-state index in [1.807, 2.05) is 19.1 Å². The maximum Gasteiger partial charge on any atom is 0.343 e. The molecule has 36 heavy (non-hydrogen) atoms. The Morgan fingerprint density at radius 3 is 2.11 bits per heavy atom. The predicted molar refractivity (Wildman–Crippen MR) is 134 cm³/mol. The molecule has 182 valence electrons. The third kappa shape index (κ3) is 4.85. The molecule has 2 amide bonds. The number of hydrogen-bond donors (Lipinski definition) is 1. The number of rotatable bonds is 7. The molecule has 0 saturated heterocycles. The summed E-state index contributed by atoms with van der Waals surface area (Å²) in [4.78, 5) is 50.9. The van der Waals surface area contributed by atoms with Gasteiger partial charge in [-0.05, 0) is 66.6 Å².